The molecule has 0 rings (SSSR count). The summed E-state index contributed by atoms with van der Waals surface area (Å²) >= 11 is 0. The van der Waals surface area contributed by atoms with Crippen LogP contribution in [-0.2, 0) is 0 Å². The molecule has 0 aromatic rings. The summed E-state index contributed by atoms with van der Waals surface area (Å²) in [4.78, 5) is 0. The Morgan fingerprint density at radius 2 is 0.271 bits per heavy atom. The molecule has 0 amide bonds. The summed E-state index contributed by atoms with van der Waals surface area (Å²) in [5.41, 5.74) is 0. The van der Waals surface area contributed by atoms with E-state index in [0.29, 0.717) is 0 Å². The molecule has 0 aromatic carbocycles. The van der Waals surface area contributed by atoms with Crippen LogP contribution in [0.1, 0.15) is 341 Å². The first-order valence-corrected chi connectivity index (χ1v) is 28.4. The normalized spacial score (nSPS) is 11.8. The second-order valence-corrected chi connectivity index (χ2v) is 21.0. The van der Waals surface area contributed by atoms with Crippen molar-refractivity contribution in [1.29, 1.82) is 0 Å². The summed E-state index contributed by atoms with van der Waals surface area (Å²) in [6.07, 6.45) is 77.3. The minimum Gasteiger partial charge on any atom is -1.00 e. The molecular weight excluding hydrogens is 734 g/mol. The van der Waals surface area contributed by atoms with Crippen molar-refractivity contribution >= 4 is 0 Å². The third-order valence-corrected chi connectivity index (χ3v) is 13.7. The molecule has 0 fully saturated rings. The molecule has 1 nitrogen and oxygen atoms in total. The van der Waals surface area contributed by atoms with E-state index in [1.54, 1.807) is 0 Å². The quantitative estimate of drug-likeness (QED) is 0.0422. The molecule has 2 heteroatoms. The van der Waals surface area contributed by atoms with Crippen molar-refractivity contribution in [3.8, 4) is 0 Å². The average molecular weight is 853 g/mol. The lowest BCUT2D eigenvalue weighted by Crippen LogP contribution is -3.00. The van der Waals surface area contributed by atoms with Gasteiger partial charge in [-0.05, 0) is 12.8 Å². The van der Waals surface area contributed by atoms with Gasteiger partial charge in [-0.1, -0.05) is 328 Å². The maximum Gasteiger partial charge on any atom is 0.0780 e. The van der Waals surface area contributed by atoms with E-state index >= 15 is 0 Å². The largest absolute Gasteiger partial charge is 1.00 e. The molecule has 0 saturated carbocycles. The van der Waals surface area contributed by atoms with Crippen molar-refractivity contribution in [3.63, 3.8) is 0 Å². The Hall–Kier alpha value is 0.250. The molecule has 0 atom stereocenters. The summed E-state index contributed by atoms with van der Waals surface area (Å²) in [7, 11) is 6.94. The van der Waals surface area contributed by atoms with Crippen LogP contribution < -0.4 is 12.4 Å². The molecule has 0 aliphatic carbocycles. The Balaban J connectivity index is 0. The van der Waals surface area contributed by atoms with Gasteiger partial charge in [0.2, 0.25) is 0 Å². The van der Waals surface area contributed by atoms with Gasteiger partial charge in [0.05, 0.1) is 27.7 Å². The highest BCUT2D eigenvalue weighted by molar-refractivity contribution is 4.55. The third kappa shape index (κ3) is 60.4. The first-order chi connectivity index (χ1) is 28.6. The first kappa shape index (κ1) is 61.3. The smallest absolute Gasteiger partial charge is 0.0780 e. The molecule has 0 bridgehead atoms. The Bertz CT molecular complexity index is 699. The van der Waals surface area contributed by atoms with Crippen molar-refractivity contribution in [2.24, 2.45) is 0 Å². The molecule has 0 aromatic heterocycles. The molecule has 0 radical (unpaired) electrons. The first-order valence-electron chi connectivity index (χ1n) is 28.4. The van der Waals surface area contributed by atoms with Crippen LogP contribution >= 0.6 is 0 Å². The molecule has 0 N–H and O–H groups in total. The highest BCUT2D eigenvalue weighted by Crippen LogP contribution is 2.19. The van der Waals surface area contributed by atoms with Crippen molar-refractivity contribution in [2.45, 2.75) is 341 Å². The van der Waals surface area contributed by atoms with Crippen LogP contribution in [0.15, 0.2) is 0 Å². The number of unbranched alkanes of at least 4 members (excludes halogenated alkanes) is 51. The topological polar surface area (TPSA) is 0 Å². The van der Waals surface area contributed by atoms with E-state index in [4.69, 9.17) is 0 Å². The van der Waals surface area contributed by atoms with Crippen LogP contribution in [-0.4, -0.2) is 32.2 Å². The van der Waals surface area contributed by atoms with Crippen LogP contribution in [0.3, 0.4) is 0 Å². The minimum absolute atomic E-state index is 0. The van der Waals surface area contributed by atoms with Gasteiger partial charge in [0, 0.05) is 0 Å². The van der Waals surface area contributed by atoms with Gasteiger partial charge in [-0.2, -0.15) is 0 Å². The van der Waals surface area contributed by atoms with E-state index in [9.17, 15) is 0 Å². The molecule has 0 saturated heterocycles. The fraction of sp³-hybridized carbons (Fsp3) is 1.00. The lowest BCUT2D eigenvalue weighted by atomic mass is 10.0. The SMILES string of the molecule is CCCCCCCCCCCCCCCCCCCCCCCCCCCCCCCCCCCCCCCCCCCCCCCCCCCCCC[N+](C)(C)C.[Cl-]. The Labute approximate surface area is 383 Å². The number of nitrogens with zero attached hydrogens (tertiary/aromatic N) is 1. The fourth-order valence-corrected chi connectivity index (χ4v) is 9.50. The lowest BCUT2D eigenvalue weighted by Gasteiger charge is -2.23. The van der Waals surface area contributed by atoms with E-state index in [-0.39, 0.29) is 12.4 Å². The number of quaternary nitrogens is 1. The van der Waals surface area contributed by atoms with E-state index < -0.39 is 0 Å². The molecule has 0 spiro atoms. The van der Waals surface area contributed by atoms with Crippen LogP contribution in [0.4, 0.5) is 0 Å². The zero-order valence-corrected chi connectivity index (χ0v) is 43.1. The number of rotatable bonds is 53. The summed E-state index contributed by atoms with van der Waals surface area (Å²) in [6, 6.07) is 0. The fourth-order valence-electron chi connectivity index (χ4n) is 9.50. The summed E-state index contributed by atoms with van der Waals surface area (Å²) in [5, 5.41) is 0. The van der Waals surface area contributed by atoms with Crippen LogP contribution in [0, 0.1) is 0 Å². The molecule has 0 aliphatic rings. The summed E-state index contributed by atoms with van der Waals surface area (Å²) in [6.45, 7) is 3.65. The van der Waals surface area contributed by atoms with Gasteiger partial charge in [-0.15, -0.1) is 0 Å². The van der Waals surface area contributed by atoms with E-state index in [2.05, 4.69) is 28.1 Å². The van der Waals surface area contributed by atoms with Crippen molar-refractivity contribution in [1.82, 2.24) is 0 Å². The van der Waals surface area contributed by atoms with Crippen LogP contribution in [0.2, 0.25) is 0 Å². The zero-order chi connectivity index (χ0) is 42.0. The van der Waals surface area contributed by atoms with Crippen molar-refractivity contribution in [3.05, 3.63) is 0 Å². The third-order valence-electron chi connectivity index (χ3n) is 13.7. The van der Waals surface area contributed by atoms with Gasteiger partial charge in [0.25, 0.3) is 0 Å². The van der Waals surface area contributed by atoms with Gasteiger partial charge < -0.3 is 16.9 Å². The average Bonchev–Trinajstić information content (AvgIpc) is 3.21. The maximum atomic E-state index is 2.31. The van der Waals surface area contributed by atoms with E-state index in [1.165, 1.54) is 340 Å². The Morgan fingerprint density at radius 1 is 0.169 bits per heavy atom. The standard InChI is InChI=1S/C57H118N.ClH/c1-5-6-7-8-9-10-11-12-13-14-15-16-17-18-19-20-21-22-23-24-25-26-27-28-29-30-31-32-33-34-35-36-37-38-39-40-41-42-43-44-45-46-47-48-49-50-51-52-53-54-55-56-57-58(2,3)4;/h5-57H2,1-4H3;1H/q+1;/p-1. The number of halogens is 1. The van der Waals surface area contributed by atoms with Gasteiger partial charge in [-0.3, -0.25) is 0 Å². The predicted octanol–water partition coefficient (Wildman–Crippen LogP) is 18.0. The minimum atomic E-state index is 0. The summed E-state index contributed by atoms with van der Waals surface area (Å²) in [5.74, 6) is 0. The highest BCUT2D eigenvalue weighted by Gasteiger charge is 2.05. The van der Waals surface area contributed by atoms with Gasteiger partial charge in [0.1, 0.15) is 0 Å². The lowest BCUT2D eigenvalue weighted by molar-refractivity contribution is -0.870. The Morgan fingerprint density at radius 3 is 0.373 bits per heavy atom. The summed E-state index contributed by atoms with van der Waals surface area (Å²) < 4.78 is 1.12. The zero-order valence-electron chi connectivity index (χ0n) is 42.3. The van der Waals surface area contributed by atoms with Gasteiger partial charge >= 0.3 is 0 Å². The number of hydrogen-bond acceptors (Lipinski definition) is 0. The van der Waals surface area contributed by atoms with Gasteiger partial charge in [0.15, 0.2) is 0 Å². The van der Waals surface area contributed by atoms with Gasteiger partial charge in [-0.25, -0.2) is 0 Å². The number of hydrogen-bond donors (Lipinski definition) is 0. The predicted molar refractivity (Wildman–Crippen MR) is 269 cm³/mol. The highest BCUT2D eigenvalue weighted by atomic mass is 35.5. The van der Waals surface area contributed by atoms with Crippen LogP contribution in [0.5, 0.6) is 0 Å². The molecule has 358 valence electrons. The molecule has 0 aliphatic heterocycles. The monoisotopic (exact) mass is 852 g/mol. The van der Waals surface area contributed by atoms with E-state index in [0.717, 1.165) is 4.48 Å². The Kier molecular flexibility index (Phi) is 56.5. The maximum absolute atomic E-state index is 2.31. The second-order valence-electron chi connectivity index (χ2n) is 21.0. The second kappa shape index (κ2) is 54.4. The van der Waals surface area contributed by atoms with Crippen LogP contribution in [0.25, 0.3) is 0 Å². The van der Waals surface area contributed by atoms with Crippen molar-refractivity contribution in [2.75, 3.05) is 27.7 Å². The molecular formula is C57H118ClN. The molecule has 0 heterocycles. The molecule has 0 unspecified atom stereocenters. The van der Waals surface area contributed by atoms with E-state index in [1.807, 2.05) is 0 Å². The molecule has 59 heavy (non-hydrogen) atoms. The van der Waals surface area contributed by atoms with Crippen molar-refractivity contribution < 1.29 is 16.9 Å².